The second-order valence-corrected chi connectivity index (χ2v) is 4.08. The molecule has 0 amide bonds. The van der Waals surface area contributed by atoms with Crippen LogP contribution in [0.3, 0.4) is 0 Å². The second-order valence-electron chi connectivity index (χ2n) is 3.68. The topological polar surface area (TPSA) is 33.1 Å². The zero-order valence-electron chi connectivity index (χ0n) is 8.66. The maximum atomic E-state index is 9.49. The summed E-state index contributed by atoms with van der Waals surface area (Å²) in [5, 5.41) is 11.2. The number of nitrogens with zero attached hydrogens (tertiary/aromatic N) is 1. The van der Waals surface area contributed by atoms with Crippen LogP contribution in [-0.2, 0) is 0 Å². The largest absolute Gasteiger partial charge is 0.387 e. The van der Waals surface area contributed by atoms with E-state index in [0.29, 0.717) is 10.7 Å². The lowest BCUT2D eigenvalue weighted by Gasteiger charge is -2.09. The zero-order chi connectivity index (χ0) is 11.0. The van der Waals surface area contributed by atoms with Gasteiger partial charge in [-0.15, -0.1) is 0 Å². The molecule has 0 bridgehead atoms. The van der Waals surface area contributed by atoms with Crippen LogP contribution >= 0.6 is 11.6 Å². The van der Waals surface area contributed by atoms with Crippen LogP contribution in [0.15, 0.2) is 24.3 Å². The Kier molecular flexibility index (Phi) is 2.63. The number of para-hydroxylation sites is 1. The van der Waals surface area contributed by atoms with Gasteiger partial charge in [-0.3, -0.25) is 0 Å². The zero-order valence-corrected chi connectivity index (χ0v) is 9.42. The van der Waals surface area contributed by atoms with Crippen molar-refractivity contribution in [3.05, 3.63) is 40.5 Å². The normalized spacial score (nSPS) is 13.1. The number of fused-ring (bicyclic) bond motifs is 1. The predicted octanol–water partition coefficient (Wildman–Crippen LogP) is 3.25. The third-order valence-corrected chi connectivity index (χ3v) is 2.75. The molecule has 0 aliphatic heterocycles. The van der Waals surface area contributed by atoms with Crippen molar-refractivity contribution < 1.29 is 5.11 Å². The maximum absolute atomic E-state index is 9.49. The number of aliphatic hydroxyl groups is 1. The van der Waals surface area contributed by atoms with Gasteiger partial charge in [0, 0.05) is 5.39 Å². The number of rotatable bonds is 1. The van der Waals surface area contributed by atoms with Gasteiger partial charge >= 0.3 is 0 Å². The fourth-order valence-electron chi connectivity index (χ4n) is 1.62. The molecule has 2 nitrogen and oxygen atoms in total. The van der Waals surface area contributed by atoms with Crippen LogP contribution in [0.1, 0.15) is 24.3 Å². The lowest BCUT2D eigenvalue weighted by Crippen LogP contribution is -1.97. The molecule has 0 spiro atoms. The average Bonchev–Trinajstić information content (AvgIpc) is 2.19. The van der Waals surface area contributed by atoms with Gasteiger partial charge in [0.1, 0.15) is 0 Å². The van der Waals surface area contributed by atoms with Crippen molar-refractivity contribution in [2.45, 2.75) is 20.0 Å². The van der Waals surface area contributed by atoms with E-state index in [1.54, 1.807) is 6.92 Å². The van der Waals surface area contributed by atoms with E-state index in [1.807, 2.05) is 31.2 Å². The van der Waals surface area contributed by atoms with E-state index < -0.39 is 6.10 Å². The first kappa shape index (κ1) is 10.4. The first-order valence-electron chi connectivity index (χ1n) is 4.83. The summed E-state index contributed by atoms with van der Waals surface area (Å²) in [6, 6.07) is 7.59. The van der Waals surface area contributed by atoms with Crippen LogP contribution in [0, 0.1) is 6.92 Å². The van der Waals surface area contributed by atoms with Gasteiger partial charge in [-0.1, -0.05) is 23.7 Å². The fourth-order valence-corrected chi connectivity index (χ4v) is 1.84. The third kappa shape index (κ3) is 1.83. The van der Waals surface area contributed by atoms with E-state index in [9.17, 15) is 5.11 Å². The van der Waals surface area contributed by atoms with E-state index in [2.05, 4.69) is 4.98 Å². The molecule has 0 aliphatic rings. The van der Waals surface area contributed by atoms with E-state index in [-0.39, 0.29) is 0 Å². The van der Waals surface area contributed by atoms with Crippen LogP contribution in [-0.4, -0.2) is 10.1 Å². The molecule has 1 aromatic carbocycles. The third-order valence-electron chi connectivity index (χ3n) is 2.44. The Morgan fingerprint density at radius 1 is 1.40 bits per heavy atom. The minimum Gasteiger partial charge on any atom is -0.387 e. The highest BCUT2D eigenvalue weighted by Gasteiger charge is 2.08. The van der Waals surface area contributed by atoms with Crippen LogP contribution < -0.4 is 0 Å². The maximum Gasteiger partial charge on any atom is 0.0932 e. The summed E-state index contributed by atoms with van der Waals surface area (Å²) >= 11 is 6.06. The van der Waals surface area contributed by atoms with E-state index in [4.69, 9.17) is 11.6 Å². The Morgan fingerprint density at radius 3 is 2.80 bits per heavy atom. The Labute approximate surface area is 93.5 Å². The number of aryl methyl sites for hydroxylation is 1. The monoisotopic (exact) mass is 221 g/mol. The van der Waals surface area contributed by atoms with Gasteiger partial charge in [0.2, 0.25) is 0 Å². The molecule has 1 heterocycles. The van der Waals surface area contributed by atoms with Crippen LogP contribution in [0.2, 0.25) is 5.02 Å². The Bertz CT molecular complexity index is 508. The Morgan fingerprint density at radius 2 is 2.13 bits per heavy atom. The molecule has 78 valence electrons. The van der Waals surface area contributed by atoms with Crippen molar-refractivity contribution in [3.8, 4) is 0 Å². The van der Waals surface area contributed by atoms with Gasteiger partial charge in [0.25, 0.3) is 0 Å². The smallest absolute Gasteiger partial charge is 0.0932 e. The fraction of sp³-hybridized carbons (Fsp3) is 0.250. The molecular formula is C12H12ClNO. The van der Waals surface area contributed by atoms with Crippen molar-refractivity contribution in [3.63, 3.8) is 0 Å². The standard InChI is InChI=1S/C12H12ClNO/c1-7-6-11(8(2)15)14-12-9(7)4-3-5-10(12)13/h3-6,8,15H,1-2H3. The lowest BCUT2D eigenvalue weighted by molar-refractivity contribution is 0.194. The van der Waals surface area contributed by atoms with Crippen molar-refractivity contribution >= 4 is 22.5 Å². The summed E-state index contributed by atoms with van der Waals surface area (Å²) in [7, 11) is 0. The number of aliphatic hydroxyl groups excluding tert-OH is 1. The number of hydrogen-bond acceptors (Lipinski definition) is 2. The Hall–Kier alpha value is -1.12. The number of hydrogen-bond donors (Lipinski definition) is 1. The summed E-state index contributed by atoms with van der Waals surface area (Å²) in [5.74, 6) is 0. The molecule has 0 saturated heterocycles. The minimum atomic E-state index is -0.565. The molecule has 1 N–H and O–H groups in total. The SMILES string of the molecule is Cc1cc(C(C)O)nc2c(Cl)cccc12. The van der Waals surface area contributed by atoms with E-state index >= 15 is 0 Å². The minimum absolute atomic E-state index is 0.565. The predicted molar refractivity (Wildman–Crippen MR) is 62.1 cm³/mol. The van der Waals surface area contributed by atoms with E-state index in [0.717, 1.165) is 16.5 Å². The van der Waals surface area contributed by atoms with Crippen molar-refractivity contribution in [1.29, 1.82) is 0 Å². The first-order valence-corrected chi connectivity index (χ1v) is 5.21. The van der Waals surface area contributed by atoms with Gasteiger partial charge in [0.15, 0.2) is 0 Å². The molecule has 3 heteroatoms. The van der Waals surface area contributed by atoms with Crippen LogP contribution in [0.4, 0.5) is 0 Å². The summed E-state index contributed by atoms with van der Waals surface area (Å²) in [4.78, 5) is 4.35. The molecule has 1 atom stereocenters. The highest BCUT2D eigenvalue weighted by Crippen LogP contribution is 2.26. The molecule has 0 radical (unpaired) electrons. The number of halogens is 1. The summed E-state index contributed by atoms with van der Waals surface area (Å²) < 4.78 is 0. The van der Waals surface area contributed by atoms with E-state index in [1.165, 1.54) is 0 Å². The van der Waals surface area contributed by atoms with Gasteiger partial charge in [0.05, 0.1) is 22.3 Å². The highest BCUT2D eigenvalue weighted by atomic mass is 35.5. The summed E-state index contributed by atoms with van der Waals surface area (Å²) in [6.45, 7) is 3.69. The number of benzene rings is 1. The molecule has 2 aromatic rings. The molecule has 1 aromatic heterocycles. The van der Waals surface area contributed by atoms with Gasteiger partial charge < -0.3 is 5.11 Å². The van der Waals surface area contributed by atoms with Crippen LogP contribution in [0.5, 0.6) is 0 Å². The summed E-state index contributed by atoms with van der Waals surface area (Å²) in [5.41, 5.74) is 2.50. The van der Waals surface area contributed by atoms with Crippen LogP contribution in [0.25, 0.3) is 10.9 Å². The molecule has 0 fully saturated rings. The van der Waals surface area contributed by atoms with Gasteiger partial charge in [-0.05, 0) is 31.5 Å². The van der Waals surface area contributed by atoms with Gasteiger partial charge in [-0.2, -0.15) is 0 Å². The first-order chi connectivity index (χ1) is 7.09. The van der Waals surface area contributed by atoms with Crippen molar-refractivity contribution in [2.24, 2.45) is 0 Å². The molecule has 2 rings (SSSR count). The van der Waals surface area contributed by atoms with Gasteiger partial charge in [-0.25, -0.2) is 4.98 Å². The van der Waals surface area contributed by atoms with Crippen molar-refractivity contribution in [1.82, 2.24) is 4.98 Å². The highest BCUT2D eigenvalue weighted by molar-refractivity contribution is 6.35. The second kappa shape index (κ2) is 3.80. The molecule has 1 unspecified atom stereocenters. The summed E-state index contributed by atoms with van der Waals surface area (Å²) in [6.07, 6.45) is -0.565. The lowest BCUT2D eigenvalue weighted by atomic mass is 10.1. The number of pyridine rings is 1. The average molecular weight is 222 g/mol. The Balaban J connectivity index is 2.80. The molecule has 15 heavy (non-hydrogen) atoms. The molecule has 0 saturated carbocycles. The van der Waals surface area contributed by atoms with Crippen molar-refractivity contribution in [2.75, 3.05) is 0 Å². The molecule has 0 aliphatic carbocycles. The molecular weight excluding hydrogens is 210 g/mol. The number of aromatic nitrogens is 1. The quantitative estimate of drug-likeness (QED) is 0.802.